The Labute approximate surface area is 345 Å². The largest absolute Gasteiger partial charge is 0.310 e. The molecule has 0 N–H and O–H groups in total. The second-order valence-corrected chi connectivity index (χ2v) is 16.6. The van der Waals surface area contributed by atoms with Crippen LogP contribution in [0.2, 0.25) is 0 Å². The normalized spacial score (nSPS) is 16.0. The maximum atomic E-state index is 10.4. The van der Waals surface area contributed by atoms with Crippen molar-refractivity contribution in [3.8, 4) is 23.3 Å². The van der Waals surface area contributed by atoms with Crippen LogP contribution in [0.25, 0.3) is 16.7 Å². The van der Waals surface area contributed by atoms with Gasteiger partial charge in [-0.15, -0.1) is 0 Å². The maximum absolute atomic E-state index is 10.4. The number of hydrogen-bond donors (Lipinski definition) is 0. The molecule has 0 fully saturated rings. The van der Waals surface area contributed by atoms with Crippen molar-refractivity contribution in [3.05, 3.63) is 190 Å². The van der Waals surface area contributed by atoms with E-state index in [1.165, 1.54) is 59.1 Å². The average molecular weight is 756 g/mol. The highest BCUT2D eigenvalue weighted by Gasteiger charge is 2.51. The van der Waals surface area contributed by atoms with Gasteiger partial charge in [-0.2, -0.15) is 10.5 Å². The Bertz CT molecular complexity index is 2430. The molecule has 3 heteroatoms. The molecule has 6 aromatic carbocycles. The Kier molecular flexibility index (Phi) is 11.2. The van der Waals surface area contributed by atoms with Gasteiger partial charge in [-0.05, 0) is 117 Å². The van der Waals surface area contributed by atoms with Crippen LogP contribution in [0.1, 0.15) is 111 Å². The molecule has 0 amide bonds. The topological polar surface area (TPSA) is 50.8 Å². The van der Waals surface area contributed by atoms with Crippen LogP contribution in [0, 0.1) is 34.5 Å². The lowest BCUT2D eigenvalue weighted by Crippen LogP contribution is -2.41. The summed E-state index contributed by atoms with van der Waals surface area (Å²) in [5.74, 6) is 1.39. The minimum Gasteiger partial charge on any atom is -0.310 e. The number of hydrogen-bond acceptors (Lipinski definition) is 3. The quantitative estimate of drug-likeness (QED) is 0.117. The van der Waals surface area contributed by atoms with E-state index in [0.29, 0.717) is 11.8 Å². The Hall–Kier alpha value is -6.16. The first-order valence-electron chi connectivity index (χ1n) is 21.4. The number of anilines is 3. The molecule has 1 spiro atoms. The van der Waals surface area contributed by atoms with Gasteiger partial charge in [0.25, 0.3) is 0 Å². The van der Waals surface area contributed by atoms with Crippen LogP contribution in [0.15, 0.2) is 145 Å². The summed E-state index contributed by atoms with van der Waals surface area (Å²) >= 11 is 0. The first-order valence-corrected chi connectivity index (χ1v) is 21.4. The molecule has 0 bridgehead atoms. The van der Waals surface area contributed by atoms with Gasteiger partial charge < -0.3 is 4.90 Å². The van der Waals surface area contributed by atoms with E-state index in [2.05, 4.69) is 184 Å². The zero-order valence-electron chi connectivity index (χ0n) is 34.4. The van der Waals surface area contributed by atoms with Crippen LogP contribution < -0.4 is 4.90 Å². The van der Waals surface area contributed by atoms with Crippen LogP contribution in [-0.2, 0) is 18.3 Å². The van der Waals surface area contributed by atoms with Gasteiger partial charge in [0.15, 0.2) is 0 Å². The maximum Gasteiger partial charge on any atom is 0.138 e. The van der Waals surface area contributed by atoms with E-state index in [0.717, 1.165) is 70.6 Å². The molecular weight excluding hydrogens is 703 g/mol. The Balaban J connectivity index is 1.45. The van der Waals surface area contributed by atoms with Gasteiger partial charge in [0, 0.05) is 11.3 Å². The van der Waals surface area contributed by atoms with E-state index in [4.69, 9.17) is 0 Å². The van der Waals surface area contributed by atoms with Crippen LogP contribution in [0.3, 0.4) is 0 Å². The molecule has 2 aliphatic rings. The summed E-state index contributed by atoms with van der Waals surface area (Å²) in [6, 6.07) is 55.7. The smallest absolute Gasteiger partial charge is 0.138 e. The summed E-state index contributed by atoms with van der Waals surface area (Å²) in [7, 11) is 0. The number of nitrogens with zero attached hydrogens (tertiary/aromatic N) is 3. The molecule has 1 aliphatic carbocycles. The van der Waals surface area contributed by atoms with Gasteiger partial charge >= 0.3 is 0 Å². The lowest BCUT2D eigenvalue weighted by Gasteiger charge is -2.50. The minimum atomic E-state index is -0.718. The fraction of sp³-hybridized carbons (Fsp3) is 0.273. The van der Waals surface area contributed by atoms with Crippen LogP contribution in [0.4, 0.5) is 17.1 Å². The summed E-state index contributed by atoms with van der Waals surface area (Å²) in [6.45, 7) is 9.29. The van der Waals surface area contributed by atoms with Crippen molar-refractivity contribution in [2.75, 3.05) is 4.90 Å². The number of fused-ring (bicyclic) bond motifs is 8. The Morgan fingerprint density at radius 1 is 0.552 bits per heavy atom. The highest BCUT2D eigenvalue weighted by Crippen LogP contribution is 2.62. The van der Waals surface area contributed by atoms with Gasteiger partial charge in [0.05, 0.1) is 16.8 Å². The van der Waals surface area contributed by atoms with Gasteiger partial charge in [0.1, 0.15) is 17.7 Å². The SMILES string of the molecule is CCC(C)CCCc1ccc2c(c1)C1(c3ccccc3C(=C(C#N)C#N)c3ccccc31)c1cc(CCCC(C)CC)ccc1N2c1cccc(-c2ccccc2)c1. The first kappa shape index (κ1) is 38.7. The van der Waals surface area contributed by atoms with Crippen molar-refractivity contribution in [1.82, 2.24) is 0 Å². The molecule has 1 heterocycles. The van der Waals surface area contributed by atoms with E-state index in [1.54, 1.807) is 0 Å². The van der Waals surface area contributed by atoms with Gasteiger partial charge in [0.2, 0.25) is 0 Å². The van der Waals surface area contributed by atoms with Crippen LogP contribution in [0.5, 0.6) is 0 Å². The predicted octanol–water partition coefficient (Wildman–Crippen LogP) is 14.4. The summed E-state index contributed by atoms with van der Waals surface area (Å²) < 4.78 is 0. The molecule has 0 radical (unpaired) electrons. The van der Waals surface area contributed by atoms with Crippen molar-refractivity contribution in [2.24, 2.45) is 11.8 Å². The Morgan fingerprint density at radius 3 is 1.57 bits per heavy atom. The van der Waals surface area contributed by atoms with E-state index in [1.807, 2.05) is 0 Å². The van der Waals surface area contributed by atoms with Gasteiger partial charge in [-0.1, -0.05) is 169 Å². The summed E-state index contributed by atoms with van der Waals surface area (Å²) in [5, 5.41) is 20.9. The third-order valence-electron chi connectivity index (χ3n) is 13.0. The number of benzene rings is 6. The molecule has 8 rings (SSSR count). The predicted molar refractivity (Wildman–Crippen MR) is 240 cm³/mol. The minimum absolute atomic E-state index is 0.142. The molecule has 58 heavy (non-hydrogen) atoms. The average Bonchev–Trinajstić information content (AvgIpc) is 3.27. The molecule has 288 valence electrons. The van der Waals surface area contributed by atoms with E-state index >= 15 is 0 Å². The first-order chi connectivity index (χ1) is 28.4. The number of aryl methyl sites for hydroxylation is 2. The summed E-state index contributed by atoms with van der Waals surface area (Å²) in [4.78, 5) is 2.49. The van der Waals surface area contributed by atoms with Crippen LogP contribution >= 0.6 is 0 Å². The number of allylic oxidation sites excluding steroid dienone is 1. The lowest BCUT2D eigenvalue weighted by atomic mass is 9.56. The monoisotopic (exact) mass is 755 g/mol. The molecule has 0 saturated heterocycles. The molecule has 3 nitrogen and oxygen atoms in total. The summed E-state index contributed by atoms with van der Waals surface area (Å²) in [6.07, 6.45) is 9.05. The van der Waals surface area contributed by atoms with E-state index in [9.17, 15) is 10.5 Å². The fourth-order valence-corrected chi connectivity index (χ4v) is 9.53. The van der Waals surface area contributed by atoms with Gasteiger partial charge in [-0.3, -0.25) is 0 Å². The fourth-order valence-electron chi connectivity index (χ4n) is 9.53. The van der Waals surface area contributed by atoms with Crippen molar-refractivity contribution in [3.63, 3.8) is 0 Å². The molecule has 2 atom stereocenters. The standard InChI is InChI=1S/C55H53N3/c1-5-38(3)17-14-19-40-29-31-52-50(33-40)55(48-27-12-10-25-46(48)54(44(36-56)37-57)47-26-11-13-28-49(47)55)51-34-41(20-15-18-39(4)6-2)30-32-53(51)58(52)45-24-16-23-43(35-45)42-21-8-7-9-22-42/h7-13,16,21-35,38-39H,5-6,14-15,17-20H2,1-4H3. The zero-order valence-corrected chi connectivity index (χ0v) is 34.4. The highest BCUT2D eigenvalue weighted by molar-refractivity contribution is 5.99. The molecule has 6 aromatic rings. The number of nitriles is 2. The highest BCUT2D eigenvalue weighted by atomic mass is 15.2. The van der Waals surface area contributed by atoms with Crippen LogP contribution in [-0.4, -0.2) is 0 Å². The molecule has 0 saturated carbocycles. The van der Waals surface area contributed by atoms with Gasteiger partial charge in [-0.25, -0.2) is 0 Å². The third kappa shape index (κ3) is 6.84. The molecular formula is C55H53N3. The summed E-state index contributed by atoms with van der Waals surface area (Å²) in [5.41, 5.74) is 15.1. The molecule has 2 unspecified atom stereocenters. The Morgan fingerprint density at radius 2 is 1.05 bits per heavy atom. The molecule has 0 aromatic heterocycles. The van der Waals surface area contributed by atoms with Crippen molar-refractivity contribution in [1.29, 1.82) is 10.5 Å². The van der Waals surface area contributed by atoms with E-state index in [-0.39, 0.29) is 5.57 Å². The molecule has 1 aliphatic heterocycles. The van der Waals surface area contributed by atoms with Crippen molar-refractivity contribution < 1.29 is 0 Å². The number of rotatable bonds is 12. The third-order valence-corrected chi connectivity index (χ3v) is 13.0. The zero-order chi connectivity index (χ0) is 40.2. The van der Waals surface area contributed by atoms with Crippen molar-refractivity contribution in [2.45, 2.75) is 84.5 Å². The second-order valence-electron chi connectivity index (χ2n) is 16.6. The lowest BCUT2D eigenvalue weighted by molar-refractivity contribution is 0.495. The van der Waals surface area contributed by atoms with Crippen molar-refractivity contribution >= 4 is 22.6 Å². The second kappa shape index (κ2) is 16.7. The van der Waals surface area contributed by atoms with E-state index < -0.39 is 5.41 Å².